The van der Waals surface area contributed by atoms with Crippen LogP contribution in [0.3, 0.4) is 0 Å². The van der Waals surface area contributed by atoms with Gasteiger partial charge in [0.25, 0.3) is 0 Å². The fourth-order valence-electron chi connectivity index (χ4n) is 4.55. The van der Waals surface area contributed by atoms with Gasteiger partial charge in [-0.1, -0.05) is 73.1 Å². The molecule has 0 bridgehead atoms. The molecule has 2 aromatic carbocycles. The molecule has 1 aliphatic heterocycles. The number of benzene rings is 2. The van der Waals surface area contributed by atoms with Gasteiger partial charge >= 0.3 is 5.97 Å². The van der Waals surface area contributed by atoms with E-state index < -0.39 is 12.3 Å². The van der Waals surface area contributed by atoms with Crippen molar-refractivity contribution in [2.75, 3.05) is 5.75 Å². The van der Waals surface area contributed by atoms with Gasteiger partial charge in [-0.3, -0.25) is 9.59 Å². The van der Waals surface area contributed by atoms with Crippen molar-refractivity contribution >= 4 is 23.6 Å². The Morgan fingerprint density at radius 1 is 0.878 bits per heavy atom. The molecule has 0 spiro atoms. The zero-order valence-electron chi connectivity index (χ0n) is 23.0. The van der Waals surface area contributed by atoms with E-state index in [1.165, 1.54) is 0 Å². The van der Waals surface area contributed by atoms with Crippen molar-refractivity contribution < 1.29 is 29.3 Å². The molecule has 1 aliphatic rings. The fraction of sp³-hybridized carbons (Fsp3) is 0.419. The quantitative estimate of drug-likeness (QED) is 0.124. The number of carbonyl (C=O) groups is 2. The number of unbranched alkanes of at least 4 members (excludes halogenated alkanes) is 3. The van der Waals surface area contributed by atoms with Gasteiger partial charge in [-0.15, -0.1) is 0 Å². The van der Waals surface area contributed by atoms with E-state index in [2.05, 4.69) is 15.3 Å². The van der Waals surface area contributed by atoms with Crippen LogP contribution in [0.15, 0.2) is 72.1 Å². The number of thioether (sulfide) groups is 1. The molecule has 3 N–H and O–H groups in total. The van der Waals surface area contributed by atoms with Crippen LogP contribution in [0, 0.1) is 0 Å². The molecule has 10 heteroatoms. The largest absolute Gasteiger partial charge is 0.481 e. The van der Waals surface area contributed by atoms with Crippen molar-refractivity contribution in [3.63, 3.8) is 0 Å². The lowest BCUT2D eigenvalue weighted by atomic mass is 10.0. The van der Waals surface area contributed by atoms with Crippen LogP contribution >= 0.6 is 11.8 Å². The van der Waals surface area contributed by atoms with Gasteiger partial charge in [-0.25, -0.2) is 9.97 Å². The van der Waals surface area contributed by atoms with Crippen LogP contribution in [-0.2, 0) is 32.2 Å². The number of rotatable bonds is 15. The molecule has 3 aromatic rings. The minimum absolute atomic E-state index is 0.00468. The normalized spacial score (nSPS) is 18.6. The van der Waals surface area contributed by atoms with Crippen LogP contribution in [0.4, 0.5) is 0 Å². The molecule has 1 saturated heterocycles. The number of carbonyl (C=O) groups excluding carboxylic acids is 1. The van der Waals surface area contributed by atoms with Crippen molar-refractivity contribution in [1.29, 1.82) is 0 Å². The molecule has 0 aliphatic carbocycles. The van der Waals surface area contributed by atoms with Gasteiger partial charge in [0, 0.05) is 49.5 Å². The molecule has 1 fully saturated rings. The number of amides is 1. The maximum Gasteiger partial charge on any atom is 0.303 e. The first-order chi connectivity index (χ1) is 20.0. The maximum atomic E-state index is 12.2. The summed E-state index contributed by atoms with van der Waals surface area (Å²) in [6.45, 7) is 0.427. The first-order valence-electron chi connectivity index (χ1n) is 14.0. The minimum Gasteiger partial charge on any atom is -0.481 e. The lowest BCUT2D eigenvalue weighted by Gasteiger charge is -2.36. The summed E-state index contributed by atoms with van der Waals surface area (Å²) in [5.41, 5.74) is 3.75. The Bertz CT molecular complexity index is 1230. The van der Waals surface area contributed by atoms with E-state index in [4.69, 9.17) is 14.6 Å². The molecule has 2 heterocycles. The summed E-state index contributed by atoms with van der Waals surface area (Å²) in [6.07, 6.45) is 6.99. The van der Waals surface area contributed by atoms with Crippen molar-refractivity contribution in [3.8, 4) is 0 Å². The second-order valence-electron chi connectivity index (χ2n) is 10.0. The monoisotopic (exact) mass is 579 g/mol. The molecule has 4 rings (SSSR count). The first-order valence-corrected chi connectivity index (χ1v) is 15.0. The van der Waals surface area contributed by atoms with Gasteiger partial charge < -0.3 is 25.0 Å². The minimum atomic E-state index is -0.777. The molecule has 0 saturated carbocycles. The molecular formula is C31H37N3O6S. The Morgan fingerprint density at radius 3 is 2.22 bits per heavy atom. The Balaban J connectivity index is 1.32. The van der Waals surface area contributed by atoms with Crippen molar-refractivity contribution in [1.82, 2.24) is 15.3 Å². The molecule has 3 atom stereocenters. The molecule has 1 aromatic heterocycles. The highest BCUT2D eigenvalue weighted by molar-refractivity contribution is 7.99. The van der Waals surface area contributed by atoms with Gasteiger partial charge in [-0.2, -0.15) is 0 Å². The summed E-state index contributed by atoms with van der Waals surface area (Å²) in [5.74, 6) is -0.108. The highest BCUT2D eigenvalue weighted by Gasteiger charge is 2.32. The highest BCUT2D eigenvalue weighted by Crippen LogP contribution is 2.39. The number of ether oxygens (including phenoxy) is 2. The molecule has 218 valence electrons. The second-order valence-corrected chi connectivity index (χ2v) is 11.0. The van der Waals surface area contributed by atoms with Crippen LogP contribution < -0.4 is 5.32 Å². The SMILES string of the molecule is O=C(O)CCCCCCC(=O)NCc1ccc(C2OC(CSc3ncccn3)CC(c3ccc(CO)cc3)O2)cc1. The third-order valence-corrected chi connectivity index (χ3v) is 7.85. The summed E-state index contributed by atoms with van der Waals surface area (Å²) in [6, 6.07) is 17.5. The van der Waals surface area contributed by atoms with E-state index in [0.29, 0.717) is 36.7 Å². The number of carboxylic acid groups (broad SMARTS) is 1. The van der Waals surface area contributed by atoms with E-state index in [9.17, 15) is 14.7 Å². The zero-order chi connectivity index (χ0) is 28.9. The highest BCUT2D eigenvalue weighted by atomic mass is 32.2. The number of aliphatic carboxylic acids is 1. The third kappa shape index (κ3) is 10.2. The lowest BCUT2D eigenvalue weighted by Crippen LogP contribution is -2.31. The Labute approximate surface area is 244 Å². The Kier molecular flexibility index (Phi) is 12.1. The Morgan fingerprint density at radius 2 is 1.54 bits per heavy atom. The predicted molar refractivity (Wildman–Crippen MR) is 155 cm³/mol. The molecule has 41 heavy (non-hydrogen) atoms. The molecule has 3 unspecified atom stereocenters. The molecule has 1 amide bonds. The van der Waals surface area contributed by atoms with Gasteiger partial charge in [0.15, 0.2) is 11.4 Å². The summed E-state index contributed by atoms with van der Waals surface area (Å²) in [5, 5.41) is 21.8. The predicted octanol–water partition coefficient (Wildman–Crippen LogP) is 5.35. The second kappa shape index (κ2) is 16.2. The number of nitrogens with zero attached hydrogens (tertiary/aromatic N) is 2. The number of aliphatic hydroxyl groups excluding tert-OH is 1. The van der Waals surface area contributed by atoms with Gasteiger partial charge in [0.05, 0.1) is 18.8 Å². The molecule has 0 radical (unpaired) electrons. The van der Waals surface area contributed by atoms with Crippen LogP contribution in [0.25, 0.3) is 0 Å². The Hall–Kier alpha value is -3.31. The summed E-state index contributed by atoms with van der Waals surface area (Å²) >= 11 is 1.55. The summed E-state index contributed by atoms with van der Waals surface area (Å²) < 4.78 is 12.8. The topological polar surface area (TPSA) is 131 Å². The van der Waals surface area contributed by atoms with E-state index in [0.717, 1.165) is 41.5 Å². The van der Waals surface area contributed by atoms with Gasteiger partial charge in [0.2, 0.25) is 5.91 Å². The van der Waals surface area contributed by atoms with E-state index in [-0.39, 0.29) is 31.1 Å². The lowest BCUT2D eigenvalue weighted by molar-refractivity contribution is -0.245. The molecule has 9 nitrogen and oxygen atoms in total. The van der Waals surface area contributed by atoms with E-state index >= 15 is 0 Å². The maximum absolute atomic E-state index is 12.2. The number of aliphatic hydroxyl groups is 1. The average Bonchev–Trinajstić information content (AvgIpc) is 3.01. The number of carboxylic acids is 1. The zero-order valence-corrected chi connectivity index (χ0v) is 23.8. The summed E-state index contributed by atoms with van der Waals surface area (Å²) in [7, 11) is 0. The number of hydrogen-bond acceptors (Lipinski definition) is 8. The number of hydrogen-bond donors (Lipinski definition) is 3. The van der Waals surface area contributed by atoms with Gasteiger partial charge in [0.1, 0.15) is 0 Å². The standard InChI is InChI=1S/C31H37N3O6S/c35-20-23-10-12-24(13-11-23)27-18-26(21-41-31-32-16-5-17-33-31)39-30(40-27)25-14-8-22(9-15-25)19-34-28(36)6-3-1-2-4-7-29(37)38/h5,8-17,26-27,30,35H,1-4,6-7,18-21H2,(H,34,36)(H,37,38). The third-order valence-electron chi connectivity index (χ3n) is 6.84. The average molecular weight is 580 g/mol. The fourth-order valence-corrected chi connectivity index (χ4v) is 5.37. The van der Waals surface area contributed by atoms with Crippen LogP contribution in [0.1, 0.15) is 79.6 Å². The molecular weight excluding hydrogens is 542 g/mol. The van der Waals surface area contributed by atoms with Crippen molar-refractivity contribution in [3.05, 3.63) is 89.2 Å². The number of aromatic nitrogens is 2. The van der Waals surface area contributed by atoms with Crippen LogP contribution in [-0.4, -0.2) is 43.9 Å². The number of nitrogens with one attached hydrogen (secondary N) is 1. The van der Waals surface area contributed by atoms with Gasteiger partial charge in [-0.05, 0) is 35.6 Å². The van der Waals surface area contributed by atoms with Crippen LogP contribution in [0.5, 0.6) is 0 Å². The first kappa shape index (κ1) is 30.6. The van der Waals surface area contributed by atoms with Crippen molar-refractivity contribution in [2.24, 2.45) is 0 Å². The van der Waals surface area contributed by atoms with E-state index in [1.54, 1.807) is 30.2 Å². The smallest absolute Gasteiger partial charge is 0.303 e. The summed E-state index contributed by atoms with van der Waals surface area (Å²) in [4.78, 5) is 31.4. The van der Waals surface area contributed by atoms with Crippen LogP contribution in [0.2, 0.25) is 0 Å². The van der Waals surface area contributed by atoms with E-state index in [1.807, 2.05) is 48.5 Å². The van der Waals surface area contributed by atoms with Crippen molar-refractivity contribution in [2.45, 2.75) is 81.8 Å².